The highest BCUT2D eigenvalue weighted by atomic mass is 35.5. The third-order valence-corrected chi connectivity index (χ3v) is 6.17. The van der Waals surface area contributed by atoms with Crippen molar-refractivity contribution in [1.82, 2.24) is 9.88 Å². The van der Waals surface area contributed by atoms with Crippen LogP contribution < -0.4 is 14.2 Å². The van der Waals surface area contributed by atoms with Gasteiger partial charge in [-0.05, 0) is 53.6 Å². The molecule has 0 aliphatic carbocycles. The minimum absolute atomic E-state index is 0.0874. The molecule has 2 unspecified atom stereocenters. The maximum absolute atomic E-state index is 13.6. The third-order valence-electron chi connectivity index (χ3n) is 5.92. The molecule has 35 heavy (non-hydrogen) atoms. The van der Waals surface area contributed by atoms with E-state index in [0.29, 0.717) is 33.4 Å². The smallest absolute Gasteiger partial charge is 0.291 e. The Morgan fingerprint density at radius 2 is 1.66 bits per heavy atom. The Labute approximate surface area is 207 Å². The van der Waals surface area contributed by atoms with Crippen LogP contribution in [0.1, 0.15) is 27.5 Å². The summed E-state index contributed by atoms with van der Waals surface area (Å²) < 4.78 is 16.4. The van der Waals surface area contributed by atoms with Gasteiger partial charge < -0.3 is 19.1 Å². The number of halogens is 1. The van der Waals surface area contributed by atoms with E-state index in [4.69, 9.17) is 25.8 Å². The molecule has 1 aromatic heterocycles. The first-order valence-electron chi connectivity index (χ1n) is 10.7. The van der Waals surface area contributed by atoms with Crippen molar-refractivity contribution in [1.29, 1.82) is 0 Å². The lowest BCUT2D eigenvalue weighted by Gasteiger charge is -2.28. The fourth-order valence-electron chi connectivity index (χ4n) is 4.28. The number of methoxy groups -OCH3 is 3. The van der Waals surface area contributed by atoms with E-state index in [9.17, 15) is 14.4 Å². The van der Waals surface area contributed by atoms with Crippen molar-refractivity contribution in [2.24, 2.45) is 5.92 Å². The van der Waals surface area contributed by atoms with E-state index >= 15 is 0 Å². The zero-order valence-corrected chi connectivity index (χ0v) is 20.1. The number of carbonyl (C=O) groups excluding carboxylic acids is 3. The lowest BCUT2D eigenvalue weighted by atomic mass is 9.86. The summed E-state index contributed by atoms with van der Waals surface area (Å²) in [7, 11) is 4.41. The van der Waals surface area contributed by atoms with Crippen molar-refractivity contribution in [2.45, 2.75) is 12.6 Å². The highest BCUT2D eigenvalue weighted by molar-refractivity contribution is 6.44. The Bertz CT molecular complexity index is 1240. The zero-order valence-electron chi connectivity index (χ0n) is 19.4. The van der Waals surface area contributed by atoms with Crippen LogP contribution >= 0.6 is 11.6 Å². The van der Waals surface area contributed by atoms with Crippen molar-refractivity contribution in [3.63, 3.8) is 0 Å². The van der Waals surface area contributed by atoms with Gasteiger partial charge in [-0.1, -0.05) is 17.7 Å². The number of Topliss-reactive ketones (excluding diaryl/α,β-unsaturated/α-hetero) is 2. The summed E-state index contributed by atoms with van der Waals surface area (Å²) in [5.74, 6) is -2.25. The van der Waals surface area contributed by atoms with Crippen LogP contribution in [0, 0.1) is 5.92 Å². The van der Waals surface area contributed by atoms with E-state index in [1.54, 1.807) is 60.9 Å². The van der Waals surface area contributed by atoms with Crippen LogP contribution in [0.2, 0.25) is 5.02 Å². The summed E-state index contributed by atoms with van der Waals surface area (Å²) in [6.07, 6.45) is 3.22. The third kappa shape index (κ3) is 4.57. The minimum atomic E-state index is -1.27. The van der Waals surface area contributed by atoms with E-state index in [-0.39, 0.29) is 12.1 Å². The zero-order chi connectivity index (χ0) is 25.1. The molecule has 0 N–H and O–H groups in total. The molecule has 2 heterocycles. The van der Waals surface area contributed by atoms with Gasteiger partial charge in [0.2, 0.25) is 11.5 Å². The van der Waals surface area contributed by atoms with Crippen molar-refractivity contribution < 1.29 is 28.6 Å². The number of aromatic nitrogens is 1. The van der Waals surface area contributed by atoms with Gasteiger partial charge in [-0.2, -0.15) is 0 Å². The molecule has 3 aromatic rings. The first-order chi connectivity index (χ1) is 16.9. The number of benzene rings is 2. The molecule has 0 saturated carbocycles. The summed E-state index contributed by atoms with van der Waals surface area (Å²) in [6.45, 7) is 0.0874. The van der Waals surface area contributed by atoms with E-state index in [1.807, 2.05) is 0 Å². The van der Waals surface area contributed by atoms with Crippen LogP contribution in [-0.4, -0.2) is 48.7 Å². The van der Waals surface area contributed by atoms with Crippen LogP contribution in [-0.2, 0) is 16.1 Å². The largest absolute Gasteiger partial charge is 0.493 e. The number of pyridine rings is 1. The van der Waals surface area contributed by atoms with E-state index in [2.05, 4.69) is 4.98 Å². The number of rotatable bonds is 8. The topological polar surface area (TPSA) is 95.0 Å². The number of amides is 1. The van der Waals surface area contributed by atoms with Crippen LogP contribution in [0.5, 0.6) is 17.2 Å². The fraction of sp³-hybridized carbons (Fsp3) is 0.231. The maximum atomic E-state index is 13.6. The molecule has 2 aromatic carbocycles. The lowest BCUT2D eigenvalue weighted by molar-refractivity contribution is -0.141. The van der Waals surface area contributed by atoms with Gasteiger partial charge in [0.1, 0.15) is 5.92 Å². The van der Waals surface area contributed by atoms with Crippen LogP contribution in [0.4, 0.5) is 0 Å². The highest BCUT2D eigenvalue weighted by Crippen LogP contribution is 2.45. The maximum Gasteiger partial charge on any atom is 0.291 e. The molecule has 1 fully saturated rings. The molecular formula is C26H23ClN2O6. The van der Waals surface area contributed by atoms with Crippen LogP contribution in [0.3, 0.4) is 0 Å². The molecule has 0 radical (unpaired) electrons. The second-order valence-electron chi connectivity index (χ2n) is 7.91. The molecule has 1 aliphatic rings. The molecule has 9 heteroatoms. The SMILES string of the molecule is COc1cc(C2C(C(=O)c3ccc(Cl)cc3)C(=O)C(=O)N2Cc2cccnc2)cc(OC)c1OC. The number of hydrogen-bond acceptors (Lipinski definition) is 7. The van der Waals surface area contributed by atoms with Gasteiger partial charge in [-0.25, -0.2) is 0 Å². The standard InChI is InChI=1S/C26H23ClN2O6/c1-33-19-11-17(12-20(34-2)25(19)35-3)22-21(23(30)16-6-8-18(27)9-7-16)24(31)26(32)29(22)14-15-5-4-10-28-13-15/h4-13,21-22H,14H2,1-3H3. The molecule has 1 amide bonds. The molecule has 1 saturated heterocycles. The first kappa shape index (κ1) is 24.2. The number of ketones is 2. The molecule has 180 valence electrons. The summed E-state index contributed by atoms with van der Waals surface area (Å²) in [5.41, 5.74) is 1.49. The van der Waals surface area contributed by atoms with Crippen LogP contribution in [0.15, 0.2) is 60.9 Å². The monoisotopic (exact) mass is 494 g/mol. The minimum Gasteiger partial charge on any atom is -0.493 e. The van der Waals surface area contributed by atoms with Gasteiger partial charge in [0, 0.05) is 29.5 Å². The highest BCUT2D eigenvalue weighted by Gasteiger charge is 2.52. The number of carbonyl (C=O) groups is 3. The fourth-order valence-corrected chi connectivity index (χ4v) is 4.41. The van der Waals surface area contributed by atoms with Gasteiger partial charge in [0.15, 0.2) is 17.3 Å². The Morgan fingerprint density at radius 3 is 2.20 bits per heavy atom. The summed E-state index contributed by atoms with van der Waals surface area (Å²) >= 11 is 5.98. The summed E-state index contributed by atoms with van der Waals surface area (Å²) in [6, 6.07) is 12.1. The van der Waals surface area contributed by atoms with E-state index in [1.165, 1.54) is 26.2 Å². The molecule has 8 nitrogen and oxygen atoms in total. The summed E-state index contributed by atoms with van der Waals surface area (Å²) in [5, 5.41) is 0.453. The van der Waals surface area contributed by atoms with Gasteiger partial charge in [-0.15, -0.1) is 0 Å². The Morgan fingerprint density at radius 1 is 1.00 bits per heavy atom. The number of hydrogen-bond donors (Lipinski definition) is 0. The molecular weight excluding hydrogens is 472 g/mol. The van der Waals surface area contributed by atoms with Crippen molar-refractivity contribution >= 4 is 29.1 Å². The predicted octanol–water partition coefficient (Wildman–Crippen LogP) is 3.91. The average Bonchev–Trinajstić information content (AvgIpc) is 3.13. The van der Waals surface area contributed by atoms with Crippen LogP contribution in [0.25, 0.3) is 0 Å². The second-order valence-corrected chi connectivity index (χ2v) is 8.35. The quantitative estimate of drug-likeness (QED) is 0.266. The number of ether oxygens (including phenoxy) is 3. The molecule has 4 rings (SSSR count). The Balaban J connectivity index is 1.87. The first-order valence-corrected chi connectivity index (χ1v) is 11.1. The number of nitrogens with zero attached hydrogens (tertiary/aromatic N) is 2. The summed E-state index contributed by atoms with van der Waals surface area (Å²) in [4.78, 5) is 45.6. The van der Waals surface area contributed by atoms with Gasteiger partial charge in [-0.3, -0.25) is 19.4 Å². The van der Waals surface area contributed by atoms with Gasteiger partial charge in [0.05, 0.1) is 27.4 Å². The van der Waals surface area contributed by atoms with E-state index in [0.717, 1.165) is 0 Å². The molecule has 0 bridgehead atoms. The predicted molar refractivity (Wildman–Crippen MR) is 128 cm³/mol. The second kappa shape index (κ2) is 10.1. The molecule has 2 atom stereocenters. The lowest BCUT2D eigenvalue weighted by Crippen LogP contribution is -2.30. The molecule has 0 spiro atoms. The Kier molecular flexibility index (Phi) is 7.02. The van der Waals surface area contributed by atoms with Gasteiger partial charge in [0.25, 0.3) is 5.91 Å². The number of likely N-dealkylation sites (tertiary alicyclic amines) is 1. The normalized spacial score (nSPS) is 17.4. The van der Waals surface area contributed by atoms with Crippen molar-refractivity contribution in [3.05, 3.63) is 82.6 Å². The van der Waals surface area contributed by atoms with E-state index < -0.39 is 29.4 Å². The average molecular weight is 495 g/mol. The van der Waals surface area contributed by atoms with Crippen molar-refractivity contribution in [3.8, 4) is 17.2 Å². The van der Waals surface area contributed by atoms with Gasteiger partial charge >= 0.3 is 0 Å². The Hall–Kier alpha value is -3.91. The molecule has 1 aliphatic heterocycles. The van der Waals surface area contributed by atoms with Crippen molar-refractivity contribution in [2.75, 3.05) is 21.3 Å².